The number of ether oxygens (including phenoxy) is 2. The largest absolute Gasteiger partial charge is 0.490 e. The Balaban J connectivity index is 1.72. The highest BCUT2D eigenvalue weighted by atomic mass is 79.9. The highest BCUT2D eigenvalue weighted by molar-refractivity contribution is 9.10. The van der Waals surface area contributed by atoms with Gasteiger partial charge in [0.15, 0.2) is 11.5 Å². The quantitative estimate of drug-likeness (QED) is 0.431. The predicted molar refractivity (Wildman–Crippen MR) is 115 cm³/mol. The number of anilines is 1. The SMILES string of the molecule is CCOc1cc(CNc2ccc(F)cc2)c(Br)cc1OCc1ccc(C)cc1. The zero-order valence-electron chi connectivity index (χ0n) is 16.0. The van der Waals surface area contributed by atoms with Crippen LogP contribution >= 0.6 is 15.9 Å². The van der Waals surface area contributed by atoms with Crippen molar-refractivity contribution < 1.29 is 13.9 Å². The van der Waals surface area contributed by atoms with Gasteiger partial charge >= 0.3 is 0 Å². The lowest BCUT2D eigenvalue weighted by atomic mass is 10.1. The van der Waals surface area contributed by atoms with E-state index in [-0.39, 0.29) is 5.82 Å². The van der Waals surface area contributed by atoms with Crippen LogP contribution in [0.25, 0.3) is 0 Å². The third kappa shape index (κ3) is 5.49. The molecule has 0 saturated carbocycles. The number of hydrogen-bond acceptors (Lipinski definition) is 3. The summed E-state index contributed by atoms with van der Waals surface area (Å²) < 4.78 is 25.8. The zero-order chi connectivity index (χ0) is 19.9. The van der Waals surface area contributed by atoms with Crippen LogP contribution in [-0.2, 0) is 13.2 Å². The van der Waals surface area contributed by atoms with Crippen molar-refractivity contribution in [2.24, 2.45) is 0 Å². The smallest absolute Gasteiger partial charge is 0.162 e. The van der Waals surface area contributed by atoms with Crippen LogP contribution in [0.5, 0.6) is 11.5 Å². The molecule has 5 heteroatoms. The van der Waals surface area contributed by atoms with Crippen LogP contribution < -0.4 is 14.8 Å². The third-order valence-corrected chi connectivity index (χ3v) is 4.99. The lowest BCUT2D eigenvalue weighted by Crippen LogP contribution is -2.04. The van der Waals surface area contributed by atoms with E-state index in [4.69, 9.17) is 9.47 Å². The van der Waals surface area contributed by atoms with E-state index in [1.54, 1.807) is 12.1 Å². The fourth-order valence-electron chi connectivity index (χ4n) is 2.70. The molecule has 1 N–H and O–H groups in total. The van der Waals surface area contributed by atoms with Crippen molar-refractivity contribution in [1.82, 2.24) is 0 Å². The van der Waals surface area contributed by atoms with Gasteiger partial charge < -0.3 is 14.8 Å². The summed E-state index contributed by atoms with van der Waals surface area (Å²) >= 11 is 3.62. The summed E-state index contributed by atoms with van der Waals surface area (Å²) in [5, 5.41) is 3.29. The number of rotatable bonds is 8. The Hall–Kier alpha value is -2.53. The van der Waals surface area contributed by atoms with Gasteiger partial charge in [0.25, 0.3) is 0 Å². The van der Waals surface area contributed by atoms with Crippen molar-refractivity contribution in [3.63, 3.8) is 0 Å². The Morgan fingerprint density at radius 1 is 0.929 bits per heavy atom. The van der Waals surface area contributed by atoms with Crippen molar-refractivity contribution in [3.8, 4) is 11.5 Å². The molecule has 0 fully saturated rings. The van der Waals surface area contributed by atoms with E-state index in [2.05, 4.69) is 52.4 Å². The van der Waals surface area contributed by atoms with Gasteiger partial charge in [0.2, 0.25) is 0 Å². The molecule has 0 bridgehead atoms. The van der Waals surface area contributed by atoms with Gasteiger partial charge in [-0.15, -0.1) is 0 Å². The third-order valence-electron chi connectivity index (χ3n) is 4.25. The molecule has 3 aromatic rings. The molecule has 0 radical (unpaired) electrons. The predicted octanol–water partition coefficient (Wildman–Crippen LogP) is 6.49. The highest BCUT2D eigenvalue weighted by Crippen LogP contribution is 2.35. The summed E-state index contributed by atoms with van der Waals surface area (Å²) in [6.45, 7) is 5.60. The van der Waals surface area contributed by atoms with Gasteiger partial charge in [-0.1, -0.05) is 45.8 Å². The normalized spacial score (nSPS) is 10.6. The Morgan fingerprint density at radius 3 is 2.29 bits per heavy atom. The van der Waals surface area contributed by atoms with Crippen LogP contribution in [0.3, 0.4) is 0 Å². The van der Waals surface area contributed by atoms with Crippen molar-refractivity contribution in [1.29, 1.82) is 0 Å². The molecular weight excluding hydrogens is 421 g/mol. The molecular formula is C23H23BrFNO2. The number of aryl methyl sites for hydroxylation is 1. The summed E-state index contributed by atoms with van der Waals surface area (Å²) in [6.07, 6.45) is 0. The summed E-state index contributed by atoms with van der Waals surface area (Å²) in [6, 6.07) is 18.5. The molecule has 0 aliphatic heterocycles. The Morgan fingerprint density at radius 2 is 1.61 bits per heavy atom. The first-order valence-corrected chi connectivity index (χ1v) is 9.97. The van der Waals surface area contributed by atoms with Gasteiger partial charge in [-0.05, 0) is 61.4 Å². The molecule has 3 nitrogen and oxygen atoms in total. The molecule has 0 aliphatic carbocycles. The Kier molecular flexibility index (Phi) is 6.93. The van der Waals surface area contributed by atoms with E-state index in [1.165, 1.54) is 17.7 Å². The van der Waals surface area contributed by atoms with E-state index >= 15 is 0 Å². The van der Waals surface area contributed by atoms with Crippen LogP contribution in [-0.4, -0.2) is 6.61 Å². The highest BCUT2D eigenvalue weighted by Gasteiger charge is 2.11. The number of halogens is 2. The molecule has 0 aromatic heterocycles. The van der Waals surface area contributed by atoms with Crippen LogP contribution in [0.1, 0.15) is 23.6 Å². The molecule has 0 amide bonds. The molecule has 146 valence electrons. The van der Waals surface area contributed by atoms with Gasteiger partial charge in [-0.25, -0.2) is 4.39 Å². The van der Waals surface area contributed by atoms with Gasteiger partial charge in [0.05, 0.1) is 6.61 Å². The van der Waals surface area contributed by atoms with Crippen LogP contribution in [0.15, 0.2) is 65.1 Å². The van der Waals surface area contributed by atoms with Gasteiger partial charge in [0, 0.05) is 16.7 Å². The first-order chi connectivity index (χ1) is 13.5. The Labute approximate surface area is 173 Å². The lowest BCUT2D eigenvalue weighted by Gasteiger charge is -2.16. The summed E-state index contributed by atoms with van der Waals surface area (Å²) in [7, 11) is 0. The number of nitrogens with one attached hydrogen (secondary N) is 1. The molecule has 28 heavy (non-hydrogen) atoms. The first kappa shape index (κ1) is 20.2. The lowest BCUT2D eigenvalue weighted by molar-refractivity contribution is 0.269. The van der Waals surface area contributed by atoms with E-state index < -0.39 is 0 Å². The number of hydrogen-bond donors (Lipinski definition) is 1. The zero-order valence-corrected chi connectivity index (χ0v) is 17.6. The summed E-state index contributed by atoms with van der Waals surface area (Å²) in [5.74, 6) is 1.15. The molecule has 0 unspecified atom stereocenters. The summed E-state index contributed by atoms with van der Waals surface area (Å²) in [4.78, 5) is 0. The fraction of sp³-hybridized carbons (Fsp3) is 0.217. The topological polar surface area (TPSA) is 30.5 Å². The molecule has 0 aliphatic rings. The molecule has 3 rings (SSSR count). The second-order valence-corrected chi connectivity index (χ2v) is 7.31. The molecule has 0 atom stereocenters. The van der Waals surface area contributed by atoms with E-state index in [1.807, 2.05) is 19.1 Å². The summed E-state index contributed by atoms with van der Waals surface area (Å²) in [5.41, 5.74) is 4.20. The van der Waals surface area contributed by atoms with E-state index in [0.717, 1.165) is 21.3 Å². The average molecular weight is 444 g/mol. The van der Waals surface area contributed by atoms with E-state index in [0.29, 0.717) is 31.3 Å². The molecule has 0 spiro atoms. The monoisotopic (exact) mass is 443 g/mol. The van der Waals surface area contributed by atoms with Crippen LogP contribution in [0, 0.1) is 12.7 Å². The maximum absolute atomic E-state index is 13.0. The van der Waals surface area contributed by atoms with Crippen molar-refractivity contribution in [3.05, 3.63) is 87.6 Å². The maximum Gasteiger partial charge on any atom is 0.162 e. The van der Waals surface area contributed by atoms with Crippen LogP contribution in [0.2, 0.25) is 0 Å². The van der Waals surface area contributed by atoms with Crippen molar-refractivity contribution in [2.75, 3.05) is 11.9 Å². The van der Waals surface area contributed by atoms with E-state index in [9.17, 15) is 4.39 Å². The van der Waals surface area contributed by atoms with Gasteiger partial charge in [0.1, 0.15) is 12.4 Å². The maximum atomic E-state index is 13.0. The fourth-order valence-corrected chi connectivity index (χ4v) is 3.17. The molecule has 0 heterocycles. The first-order valence-electron chi connectivity index (χ1n) is 9.18. The minimum atomic E-state index is -0.250. The Bertz CT molecular complexity index is 911. The second-order valence-electron chi connectivity index (χ2n) is 6.46. The van der Waals surface area contributed by atoms with Crippen molar-refractivity contribution >= 4 is 21.6 Å². The molecule has 0 saturated heterocycles. The minimum absolute atomic E-state index is 0.250. The standard InChI is InChI=1S/C23H23BrFNO2/c1-3-27-22-12-18(14-26-20-10-8-19(25)9-11-20)21(24)13-23(22)28-15-17-6-4-16(2)5-7-17/h4-13,26H,3,14-15H2,1-2H3. The second kappa shape index (κ2) is 9.60. The van der Waals surface area contributed by atoms with Gasteiger partial charge in [-0.3, -0.25) is 0 Å². The molecule has 3 aromatic carbocycles. The van der Waals surface area contributed by atoms with Gasteiger partial charge in [-0.2, -0.15) is 0 Å². The van der Waals surface area contributed by atoms with Crippen LogP contribution in [0.4, 0.5) is 10.1 Å². The number of benzene rings is 3. The minimum Gasteiger partial charge on any atom is -0.490 e. The average Bonchev–Trinajstić information content (AvgIpc) is 2.69. The van der Waals surface area contributed by atoms with Crippen molar-refractivity contribution in [2.45, 2.75) is 27.0 Å².